The number of hydrogen-bond donors (Lipinski definition) is 0. The van der Waals surface area contributed by atoms with E-state index in [2.05, 4.69) is 12.1 Å². The molecule has 0 bridgehead atoms. The highest BCUT2D eigenvalue weighted by Gasteiger charge is 2.51. The number of fused-ring (bicyclic) bond motifs is 1. The van der Waals surface area contributed by atoms with Crippen LogP contribution in [0.3, 0.4) is 0 Å². The standard InChI is InChI=1S/C31H33N3O4/c1-37-27-17-23(22-7-9-26-24(16-22)11-15-38-26)6-8-25(27)28-32-31(12-2-3-13-31)30(36)34(28)19-20-10-14-33(18-20)29(35)21-4-5-21/h6-9,11,15-17,20-21H,2-5,10,12-14,18-19H2,1H3/t20-/m1/s1. The number of rotatable bonds is 6. The molecule has 1 saturated heterocycles. The zero-order valence-corrected chi connectivity index (χ0v) is 21.8. The van der Waals surface area contributed by atoms with Gasteiger partial charge in [0.15, 0.2) is 0 Å². The van der Waals surface area contributed by atoms with Gasteiger partial charge in [0.05, 0.1) is 18.9 Å². The molecule has 1 aromatic heterocycles. The number of amidine groups is 1. The summed E-state index contributed by atoms with van der Waals surface area (Å²) < 4.78 is 11.4. The van der Waals surface area contributed by atoms with E-state index < -0.39 is 5.54 Å². The molecule has 2 aliphatic carbocycles. The molecule has 3 aromatic rings. The van der Waals surface area contributed by atoms with Gasteiger partial charge in [-0.15, -0.1) is 0 Å². The molecule has 1 spiro atoms. The maximum atomic E-state index is 13.9. The first-order valence-electron chi connectivity index (χ1n) is 13.9. The van der Waals surface area contributed by atoms with Crippen LogP contribution in [0, 0.1) is 11.8 Å². The largest absolute Gasteiger partial charge is 0.496 e. The lowest BCUT2D eigenvalue weighted by Gasteiger charge is -2.26. The first kappa shape index (κ1) is 23.5. The van der Waals surface area contributed by atoms with E-state index in [-0.39, 0.29) is 17.7 Å². The molecule has 1 atom stereocenters. The summed E-state index contributed by atoms with van der Waals surface area (Å²) in [5.41, 5.74) is 3.17. The van der Waals surface area contributed by atoms with Crippen LogP contribution in [0.5, 0.6) is 5.75 Å². The SMILES string of the molecule is COc1cc(-c2ccc3occc3c2)ccc1C1=NC2(CCCC2)C(=O)N1C[C@@H]1CCN(C(=O)C2CC2)C1. The summed E-state index contributed by atoms with van der Waals surface area (Å²) in [6.07, 6.45) is 8.32. The summed E-state index contributed by atoms with van der Waals surface area (Å²) in [4.78, 5) is 35.6. The maximum absolute atomic E-state index is 13.9. The number of methoxy groups -OCH3 is 1. The number of hydrogen-bond acceptors (Lipinski definition) is 5. The molecule has 0 unspecified atom stereocenters. The summed E-state index contributed by atoms with van der Waals surface area (Å²) in [5.74, 6) is 2.34. The first-order chi connectivity index (χ1) is 18.5. The van der Waals surface area contributed by atoms with Crippen molar-refractivity contribution < 1.29 is 18.7 Å². The second-order valence-corrected chi connectivity index (χ2v) is 11.4. The Bertz CT molecular complexity index is 1450. The van der Waals surface area contributed by atoms with Gasteiger partial charge in [0.25, 0.3) is 5.91 Å². The molecule has 7 nitrogen and oxygen atoms in total. The molecule has 2 saturated carbocycles. The molecule has 7 rings (SSSR count). The van der Waals surface area contributed by atoms with Crippen LogP contribution in [0.2, 0.25) is 0 Å². The molecule has 4 aliphatic rings. The van der Waals surface area contributed by atoms with Crippen LogP contribution in [0.25, 0.3) is 22.1 Å². The number of nitrogens with zero attached hydrogens (tertiary/aromatic N) is 3. The van der Waals surface area contributed by atoms with Crippen molar-refractivity contribution in [3.05, 3.63) is 54.3 Å². The molecule has 7 heteroatoms. The van der Waals surface area contributed by atoms with Crippen LogP contribution >= 0.6 is 0 Å². The van der Waals surface area contributed by atoms with Crippen LogP contribution < -0.4 is 4.74 Å². The van der Waals surface area contributed by atoms with Crippen LogP contribution in [0.15, 0.2) is 58.1 Å². The van der Waals surface area contributed by atoms with E-state index in [4.69, 9.17) is 14.1 Å². The molecule has 3 heterocycles. The third kappa shape index (κ3) is 3.91. The van der Waals surface area contributed by atoms with Crippen molar-refractivity contribution in [1.82, 2.24) is 9.80 Å². The highest BCUT2D eigenvalue weighted by Crippen LogP contribution is 2.42. The summed E-state index contributed by atoms with van der Waals surface area (Å²) in [5, 5.41) is 1.05. The summed E-state index contributed by atoms with van der Waals surface area (Å²) in [7, 11) is 1.67. The van der Waals surface area contributed by atoms with Gasteiger partial charge in [0.1, 0.15) is 22.7 Å². The maximum Gasteiger partial charge on any atom is 0.256 e. The number of benzene rings is 2. The van der Waals surface area contributed by atoms with Crippen molar-refractivity contribution in [3.8, 4) is 16.9 Å². The average Bonchev–Trinajstić information content (AvgIpc) is 3.28. The summed E-state index contributed by atoms with van der Waals surface area (Å²) >= 11 is 0. The number of amides is 2. The molecular weight excluding hydrogens is 478 g/mol. The van der Waals surface area contributed by atoms with Crippen molar-refractivity contribution >= 4 is 28.6 Å². The lowest BCUT2D eigenvalue weighted by molar-refractivity contribution is -0.131. The number of carbonyl (C=O) groups is 2. The van der Waals surface area contributed by atoms with Gasteiger partial charge in [0.2, 0.25) is 5.91 Å². The molecular formula is C31H33N3O4. The Morgan fingerprint density at radius 3 is 2.66 bits per heavy atom. The Balaban J connectivity index is 1.20. The molecule has 196 valence electrons. The van der Waals surface area contributed by atoms with Crippen LogP contribution in [0.1, 0.15) is 50.5 Å². The normalized spacial score (nSPS) is 22.6. The van der Waals surface area contributed by atoms with Gasteiger partial charge in [-0.2, -0.15) is 0 Å². The number of carbonyl (C=O) groups excluding carboxylic acids is 2. The lowest BCUT2D eigenvalue weighted by atomic mass is 9.97. The third-order valence-corrected chi connectivity index (χ3v) is 8.84. The van der Waals surface area contributed by atoms with Gasteiger partial charge in [-0.1, -0.05) is 25.0 Å². The fourth-order valence-corrected chi connectivity index (χ4v) is 6.55. The van der Waals surface area contributed by atoms with E-state index in [9.17, 15) is 9.59 Å². The van der Waals surface area contributed by atoms with E-state index in [0.717, 1.165) is 91.5 Å². The molecule has 2 aliphatic heterocycles. The molecule has 0 N–H and O–H groups in total. The topological polar surface area (TPSA) is 75.4 Å². The second kappa shape index (κ2) is 9.00. The van der Waals surface area contributed by atoms with Gasteiger partial charge in [0, 0.05) is 30.9 Å². The van der Waals surface area contributed by atoms with Crippen LogP contribution in [0.4, 0.5) is 0 Å². The Morgan fingerprint density at radius 1 is 1.08 bits per heavy atom. The van der Waals surface area contributed by atoms with Gasteiger partial charge >= 0.3 is 0 Å². The monoisotopic (exact) mass is 511 g/mol. The Morgan fingerprint density at radius 2 is 1.87 bits per heavy atom. The predicted octanol–water partition coefficient (Wildman–Crippen LogP) is 5.27. The minimum Gasteiger partial charge on any atom is -0.496 e. The number of ether oxygens (including phenoxy) is 1. The molecule has 2 aromatic carbocycles. The van der Waals surface area contributed by atoms with Crippen LogP contribution in [-0.2, 0) is 9.59 Å². The first-order valence-corrected chi connectivity index (χ1v) is 13.9. The van der Waals surface area contributed by atoms with Crippen molar-refractivity contribution in [3.63, 3.8) is 0 Å². The zero-order chi connectivity index (χ0) is 25.9. The molecule has 2 amide bonds. The fraction of sp³-hybridized carbons (Fsp3) is 0.452. The van der Waals surface area contributed by atoms with Gasteiger partial charge in [-0.3, -0.25) is 19.5 Å². The number of likely N-dealkylation sites (tertiary alicyclic amines) is 1. The van der Waals surface area contributed by atoms with E-state index >= 15 is 0 Å². The highest BCUT2D eigenvalue weighted by atomic mass is 16.5. The number of furan rings is 1. The van der Waals surface area contributed by atoms with Crippen molar-refractivity contribution in [2.75, 3.05) is 26.7 Å². The zero-order valence-electron chi connectivity index (χ0n) is 21.8. The van der Waals surface area contributed by atoms with Gasteiger partial charge < -0.3 is 14.1 Å². The smallest absolute Gasteiger partial charge is 0.256 e. The highest BCUT2D eigenvalue weighted by molar-refractivity contribution is 6.16. The van der Waals surface area contributed by atoms with Crippen LogP contribution in [-0.4, -0.2) is 59.7 Å². The van der Waals surface area contributed by atoms with Gasteiger partial charge in [-0.05, 0) is 79.5 Å². The van der Waals surface area contributed by atoms with Crippen molar-refractivity contribution in [2.24, 2.45) is 16.8 Å². The molecule has 3 fully saturated rings. The lowest BCUT2D eigenvalue weighted by Crippen LogP contribution is -2.44. The molecule has 38 heavy (non-hydrogen) atoms. The summed E-state index contributed by atoms with van der Waals surface area (Å²) in [6.45, 7) is 2.11. The van der Waals surface area contributed by atoms with E-state index in [1.807, 2.05) is 40.1 Å². The third-order valence-electron chi connectivity index (χ3n) is 8.84. The second-order valence-electron chi connectivity index (χ2n) is 11.4. The van der Waals surface area contributed by atoms with Crippen molar-refractivity contribution in [1.29, 1.82) is 0 Å². The Kier molecular flexibility index (Phi) is 5.57. The number of aliphatic imine (C=N–C) groups is 1. The van der Waals surface area contributed by atoms with Crippen molar-refractivity contribution in [2.45, 2.75) is 50.5 Å². The van der Waals surface area contributed by atoms with E-state index in [1.54, 1.807) is 13.4 Å². The predicted molar refractivity (Wildman–Crippen MR) is 145 cm³/mol. The minimum atomic E-state index is -0.645. The van der Waals surface area contributed by atoms with Gasteiger partial charge in [-0.25, -0.2) is 0 Å². The van der Waals surface area contributed by atoms with E-state index in [1.165, 1.54) is 0 Å². The quantitative estimate of drug-likeness (QED) is 0.452. The Labute approximate surface area is 222 Å². The molecule has 0 radical (unpaired) electrons. The summed E-state index contributed by atoms with van der Waals surface area (Å²) in [6, 6.07) is 14.3. The average molecular weight is 512 g/mol. The Hall–Kier alpha value is -3.61. The minimum absolute atomic E-state index is 0.119. The fourth-order valence-electron chi connectivity index (χ4n) is 6.55. The van der Waals surface area contributed by atoms with E-state index in [0.29, 0.717) is 18.2 Å².